The molecule has 2 aromatic heterocycles. The highest BCUT2D eigenvalue weighted by molar-refractivity contribution is 7.71. The molecule has 0 radical (unpaired) electrons. The predicted octanol–water partition coefficient (Wildman–Crippen LogP) is 3.44. The molecule has 1 fully saturated rings. The summed E-state index contributed by atoms with van der Waals surface area (Å²) >= 11 is 5.36. The highest BCUT2D eigenvalue weighted by Gasteiger charge is 2.25. The standard InChI is InChI=1S/C14H18N4S/c1-10-5-4-6-11(10)9-18-13(16-17-14(18)19)12-7-2-3-8-15-12/h2-3,7-8,10-11H,4-6,9H2,1H3,(H,17,19). The van der Waals surface area contributed by atoms with Crippen molar-refractivity contribution in [2.45, 2.75) is 32.7 Å². The van der Waals surface area contributed by atoms with Crippen LogP contribution in [0.5, 0.6) is 0 Å². The van der Waals surface area contributed by atoms with E-state index in [9.17, 15) is 0 Å². The lowest BCUT2D eigenvalue weighted by Crippen LogP contribution is -2.14. The van der Waals surface area contributed by atoms with Crippen LogP contribution < -0.4 is 0 Å². The van der Waals surface area contributed by atoms with Gasteiger partial charge >= 0.3 is 0 Å². The van der Waals surface area contributed by atoms with E-state index in [-0.39, 0.29) is 0 Å². The minimum Gasteiger partial charge on any atom is -0.299 e. The largest absolute Gasteiger partial charge is 0.299 e. The van der Waals surface area contributed by atoms with Gasteiger partial charge in [0.1, 0.15) is 5.69 Å². The monoisotopic (exact) mass is 274 g/mol. The lowest BCUT2D eigenvalue weighted by molar-refractivity contribution is 0.363. The Morgan fingerprint density at radius 2 is 2.32 bits per heavy atom. The van der Waals surface area contributed by atoms with Crippen LogP contribution in [0.1, 0.15) is 26.2 Å². The Balaban J connectivity index is 1.93. The molecule has 0 aromatic carbocycles. The molecule has 100 valence electrons. The number of aromatic amines is 1. The summed E-state index contributed by atoms with van der Waals surface area (Å²) in [5.74, 6) is 2.32. The Morgan fingerprint density at radius 1 is 1.42 bits per heavy atom. The van der Waals surface area contributed by atoms with Crippen LogP contribution in [0.15, 0.2) is 24.4 Å². The maximum atomic E-state index is 5.36. The summed E-state index contributed by atoms with van der Waals surface area (Å²) in [6.07, 6.45) is 5.73. The number of nitrogens with one attached hydrogen (secondary N) is 1. The number of rotatable bonds is 3. The first kappa shape index (κ1) is 12.5. The first-order chi connectivity index (χ1) is 9.25. The van der Waals surface area contributed by atoms with Crippen molar-refractivity contribution in [2.24, 2.45) is 11.8 Å². The van der Waals surface area contributed by atoms with E-state index in [1.54, 1.807) is 6.20 Å². The smallest absolute Gasteiger partial charge is 0.195 e. The van der Waals surface area contributed by atoms with E-state index in [0.717, 1.165) is 24.0 Å². The van der Waals surface area contributed by atoms with E-state index in [2.05, 4.69) is 26.7 Å². The molecule has 0 bridgehead atoms. The fourth-order valence-electron chi connectivity index (χ4n) is 2.91. The van der Waals surface area contributed by atoms with Crippen molar-refractivity contribution in [1.29, 1.82) is 0 Å². The number of nitrogens with zero attached hydrogens (tertiary/aromatic N) is 3. The van der Waals surface area contributed by atoms with E-state index in [1.807, 2.05) is 18.2 Å². The fraction of sp³-hybridized carbons (Fsp3) is 0.500. The third kappa shape index (κ3) is 2.47. The molecular formula is C14H18N4S. The van der Waals surface area contributed by atoms with Gasteiger partial charge in [0.15, 0.2) is 10.6 Å². The SMILES string of the molecule is CC1CCCC1Cn1c(-c2ccccn2)n[nH]c1=S. The van der Waals surface area contributed by atoms with Gasteiger partial charge in [-0.3, -0.25) is 14.6 Å². The van der Waals surface area contributed by atoms with Crippen molar-refractivity contribution in [3.63, 3.8) is 0 Å². The van der Waals surface area contributed by atoms with Gasteiger partial charge in [-0.05, 0) is 42.6 Å². The number of hydrogen-bond donors (Lipinski definition) is 1. The summed E-state index contributed by atoms with van der Waals surface area (Å²) < 4.78 is 2.80. The second kappa shape index (κ2) is 5.25. The molecule has 1 aliphatic rings. The molecule has 2 unspecified atom stereocenters. The van der Waals surface area contributed by atoms with Crippen molar-refractivity contribution in [1.82, 2.24) is 19.7 Å². The molecule has 2 aromatic rings. The first-order valence-electron chi connectivity index (χ1n) is 6.82. The number of pyridine rings is 1. The summed E-state index contributed by atoms with van der Waals surface area (Å²) in [6.45, 7) is 3.28. The van der Waals surface area contributed by atoms with E-state index < -0.39 is 0 Å². The van der Waals surface area contributed by atoms with Crippen LogP contribution >= 0.6 is 12.2 Å². The molecule has 5 heteroatoms. The molecule has 1 saturated carbocycles. The van der Waals surface area contributed by atoms with Crippen LogP contribution in [0.3, 0.4) is 0 Å². The van der Waals surface area contributed by atoms with Gasteiger partial charge in [-0.2, -0.15) is 5.10 Å². The summed E-state index contributed by atoms with van der Waals surface area (Å²) in [4.78, 5) is 4.37. The highest BCUT2D eigenvalue weighted by Crippen LogP contribution is 2.33. The fourth-order valence-corrected chi connectivity index (χ4v) is 3.11. The quantitative estimate of drug-likeness (QED) is 0.872. The van der Waals surface area contributed by atoms with E-state index in [4.69, 9.17) is 12.2 Å². The molecule has 3 rings (SSSR count). The maximum absolute atomic E-state index is 5.36. The van der Waals surface area contributed by atoms with Gasteiger partial charge in [0, 0.05) is 12.7 Å². The van der Waals surface area contributed by atoms with Crippen LogP contribution in [0.25, 0.3) is 11.5 Å². The van der Waals surface area contributed by atoms with Crippen molar-refractivity contribution >= 4 is 12.2 Å². The highest BCUT2D eigenvalue weighted by atomic mass is 32.1. The lowest BCUT2D eigenvalue weighted by Gasteiger charge is -2.16. The van der Waals surface area contributed by atoms with Crippen molar-refractivity contribution in [3.05, 3.63) is 29.2 Å². The Labute approximate surface area is 117 Å². The maximum Gasteiger partial charge on any atom is 0.195 e. The topological polar surface area (TPSA) is 46.5 Å². The number of hydrogen-bond acceptors (Lipinski definition) is 3. The van der Waals surface area contributed by atoms with E-state index in [0.29, 0.717) is 10.7 Å². The molecule has 0 aliphatic heterocycles. The minimum absolute atomic E-state index is 0.694. The predicted molar refractivity (Wildman–Crippen MR) is 77.1 cm³/mol. The third-order valence-corrected chi connectivity index (χ3v) is 4.42. The zero-order chi connectivity index (χ0) is 13.2. The Hall–Kier alpha value is -1.49. The van der Waals surface area contributed by atoms with E-state index in [1.165, 1.54) is 19.3 Å². The van der Waals surface area contributed by atoms with Gasteiger partial charge < -0.3 is 0 Å². The second-order valence-corrected chi connectivity index (χ2v) is 5.73. The molecule has 1 aliphatic carbocycles. The number of aromatic nitrogens is 4. The Kier molecular flexibility index (Phi) is 3.46. The van der Waals surface area contributed by atoms with E-state index >= 15 is 0 Å². The van der Waals surface area contributed by atoms with Crippen LogP contribution in [0, 0.1) is 16.6 Å². The van der Waals surface area contributed by atoms with Gasteiger partial charge in [-0.15, -0.1) is 0 Å². The van der Waals surface area contributed by atoms with Crippen molar-refractivity contribution in [3.8, 4) is 11.5 Å². The molecule has 19 heavy (non-hydrogen) atoms. The van der Waals surface area contributed by atoms with Crippen LogP contribution in [-0.4, -0.2) is 19.7 Å². The molecule has 0 saturated heterocycles. The summed E-state index contributed by atoms with van der Waals surface area (Å²) in [7, 11) is 0. The molecule has 2 heterocycles. The zero-order valence-corrected chi connectivity index (χ0v) is 11.9. The minimum atomic E-state index is 0.694. The van der Waals surface area contributed by atoms with Crippen LogP contribution in [0.4, 0.5) is 0 Å². The summed E-state index contributed by atoms with van der Waals surface area (Å²) in [5.41, 5.74) is 0.875. The van der Waals surface area contributed by atoms with Crippen molar-refractivity contribution < 1.29 is 0 Å². The Morgan fingerprint density at radius 3 is 3.00 bits per heavy atom. The molecular weight excluding hydrogens is 256 g/mol. The second-order valence-electron chi connectivity index (χ2n) is 5.35. The zero-order valence-electron chi connectivity index (χ0n) is 11.0. The average molecular weight is 274 g/mol. The molecule has 0 spiro atoms. The van der Waals surface area contributed by atoms with Gasteiger partial charge in [-0.25, -0.2) is 0 Å². The first-order valence-corrected chi connectivity index (χ1v) is 7.23. The third-order valence-electron chi connectivity index (χ3n) is 4.11. The van der Waals surface area contributed by atoms with Gasteiger partial charge in [0.2, 0.25) is 0 Å². The normalized spacial score (nSPS) is 22.8. The van der Waals surface area contributed by atoms with Gasteiger partial charge in [0.05, 0.1) is 0 Å². The average Bonchev–Trinajstić information content (AvgIpc) is 2.99. The van der Waals surface area contributed by atoms with Gasteiger partial charge in [0.25, 0.3) is 0 Å². The molecule has 4 nitrogen and oxygen atoms in total. The summed E-state index contributed by atoms with van der Waals surface area (Å²) in [5, 5.41) is 7.24. The lowest BCUT2D eigenvalue weighted by atomic mass is 9.98. The summed E-state index contributed by atoms with van der Waals surface area (Å²) in [6, 6.07) is 5.86. The van der Waals surface area contributed by atoms with Crippen LogP contribution in [-0.2, 0) is 6.54 Å². The molecule has 1 N–H and O–H groups in total. The number of H-pyrrole nitrogens is 1. The van der Waals surface area contributed by atoms with Crippen LogP contribution in [0.2, 0.25) is 0 Å². The molecule has 0 amide bonds. The Bertz CT molecular complexity index is 601. The molecule has 2 atom stereocenters. The van der Waals surface area contributed by atoms with Gasteiger partial charge in [-0.1, -0.05) is 25.8 Å². The van der Waals surface area contributed by atoms with Crippen molar-refractivity contribution in [2.75, 3.05) is 0 Å².